The maximum absolute atomic E-state index is 11.9. The normalized spacial score (nSPS) is 26.6. The minimum atomic E-state index is -0.0492. The van der Waals surface area contributed by atoms with Gasteiger partial charge in [0.2, 0.25) is 11.8 Å². The molecule has 2 rings (SSSR count). The molecule has 2 heterocycles. The molecular formula is C13H24ClN3O3. The minimum Gasteiger partial charge on any atom is -0.378 e. The molecular weight excluding hydrogens is 282 g/mol. The smallest absolute Gasteiger partial charge is 0.225 e. The van der Waals surface area contributed by atoms with Gasteiger partial charge >= 0.3 is 0 Å². The Labute approximate surface area is 126 Å². The summed E-state index contributed by atoms with van der Waals surface area (Å²) in [4.78, 5) is 25.5. The van der Waals surface area contributed by atoms with Crippen molar-refractivity contribution in [2.45, 2.75) is 44.8 Å². The van der Waals surface area contributed by atoms with E-state index in [1.165, 1.54) is 0 Å². The highest BCUT2D eigenvalue weighted by Gasteiger charge is 2.32. The van der Waals surface area contributed by atoms with Crippen LogP contribution in [0, 0.1) is 0 Å². The summed E-state index contributed by atoms with van der Waals surface area (Å²) in [6.45, 7) is 6.68. The van der Waals surface area contributed by atoms with E-state index < -0.39 is 0 Å². The van der Waals surface area contributed by atoms with Crippen LogP contribution in [0.4, 0.5) is 0 Å². The third kappa shape index (κ3) is 4.61. The molecule has 0 saturated carbocycles. The maximum atomic E-state index is 11.9. The van der Waals surface area contributed by atoms with Gasteiger partial charge in [0.25, 0.3) is 0 Å². The lowest BCUT2D eigenvalue weighted by atomic mass is 10.1. The van der Waals surface area contributed by atoms with Crippen molar-refractivity contribution < 1.29 is 14.3 Å². The van der Waals surface area contributed by atoms with Gasteiger partial charge in [0, 0.05) is 38.0 Å². The van der Waals surface area contributed by atoms with Crippen molar-refractivity contribution in [1.82, 2.24) is 15.5 Å². The van der Waals surface area contributed by atoms with Crippen molar-refractivity contribution in [3.8, 4) is 0 Å². The monoisotopic (exact) mass is 305 g/mol. The summed E-state index contributed by atoms with van der Waals surface area (Å²) in [6, 6.07) is 0.238. The van der Waals surface area contributed by atoms with Crippen LogP contribution in [0.3, 0.4) is 0 Å². The molecule has 0 radical (unpaired) electrons. The van der Waals surface area contributed by atoms with Crippen LogP contribution in [0.5, 0.6) is 0 Å². The fourth-order valence-corrected chi connectivity index (χ4v) is 2.59. The second-order valence-electron chi connectivity index (χ2n) is 5.54. The van der Waals surface area contributed by atoms with Crippen LogP contribution in [-0.4, -0.2) is 61.1 Å². The molecule has 2 unspecified atom stereocenters. The summed E-state index contributed by atoms with van der Waals surface area (Å²) in [5.41, 5.74) is 0. The molecule has 116 valence electrons. The third-order valence-electron chi connectivity index (χ3n) is 3.58. The van der Waals surface area contributed by atoms with E-state index in [0.29, 0.717) is 32.6 Å². The van der Waals surface area contributed by atoms with Gasteiger partial charge in [0.15, 0.2) is 0 Å². The van der Waals surface area contributed by atoms with Crippen molar-refractivity contribution in [3.63, 3.8) is 0 Å². The van der Waals surface area contributed by atoms with E-state index >= 15 is 0 Å². The summed E-state index contributed by atoms with van der Waals surface area (Å²) in [5.74, 6) is 0.117. The number of morpholine rings is 1. The Morgan fingerprint density at radius 3 is 2.85 bits per heavy atom. The predicted molar refractivity (Wildman–Crippen MR) is 77.9 cm³/mol. The van der Waals surface area contributed by atoms with Crippen molar-refractivity contribution in [1.29, 1.82) is 0 Å². The topological polar surface area (TPSA) is 70.7 Å². The van der Waals surface area contributed by atoms with Crippen LogP contribution in [0.25, 0.3) is 0 Å². The molecule has 7 heteroatoms. The highest BCUT2D eigenvalue weighted by molar-refractivity contribution is 5.85. The van der Waals surface area contributed by atoms with Crippen molar-refractivity contribution in [2.24, 2.45) is 0 Å². The van der Waals surface area contributed by atoms with Crippen LogP contribution < -0.4 is 10.6 Å². The van der Waals surface area contributed by atoms with Gasteiger partial charge < -0.3 is 20.3 Å². The molecule has 6 nitrogen and oxygen atoms in total. The number of hydrogen-bond acceptors (Lipinski definition) is 4. The number of halogens is 1. The molecule has 2 amide bonds. The molecule has 0 spiro atoms. The predicted octanol–water partition coefficient (Wildman–Crippen LogP) is -0.0878. The first-order valence-electron chi connectivity index (χ1n) is 6.96. The Balaban J connectivity index is 0.00000200. The van der Waals surface area contributed by atoms with Gasteiger partial charge in [-0.25, -0.2) is 0 Å². The highest BCUT2D eigenvalue weighted by Crippen LogP contribution is 2.14. The molecule has 2 N–H and O–H groups in total. The zero-order valence-corrected chi connectivity index (χ0v) is 12.9. The highest BCUT2D eigenvalue weighted by atomic mass is 35.5. The van der Waals surface area contributed by atoms with Gasteiger partial charge in [0.05, 0.1) is 19.3 Å². The van der Waals surface area contributed by atoms with E-state index in [2.05, 4.69) is 10.6 Å². The number of nitrogens with one attached hydrogen (secondary N) is 2. The zero-order chi connectivity index (χ0) is 13.8. The van der Waals surface area contributed by atoms with E-state index in [1.807, 2.05) is 18.7 Å². The minimum absolute atomic E-state index is 0. The number of ether oxygens (including phenoxy) is 1. The maximum Gasteiger partial charge on any atom is 0.225 e. The average Bonchev–Trinajstić information content (AvgIpc) is 2.71. The third-order valence-corrected chi connectivity index (χ3v) is 3.58. The van der Waals surface area contributed by atoms with Crippen LogP contribution in [0.2, 0.25) is 0 Å². The number of nitrogens with zero attached hydrogens (tertiary/aromatic N) is 1. The van der Waals surface area contributed by atoms with Crippen molar-refractivity contribution in [3.05, 3.63) is 0 Å². The fourth-order valence-electron chi connectivity index (χ4n) is 2.59. The molecule has 0 aromatic carbocycles. The average molecular weight is 306 g/mol. The summed E-state index contributed by atoms with van der Waals surface area (Å²) in [6.07, 6.45) is 0.824. The van der Waals surface area contributed by atoms with E-state index in [0.717, 1.165) is 6.54 Å². The van der Waals surface area contributed by atoms with Gasteiger partial charge in [-0.05, 0) is 13.8 Å². The molecule has 2 aliphatic rings. The Morgan fingerprint density at radius 2 is 2.30 bits per heavy atom. The van der Waals surface area contributed by atoms with Crippen LogP contribution >= 0.6 is 12.4 Å². The van der Waals surface area contributed by atoms with E-state index in [1.54, 1.807) is 0 Å². The molecule has 2 fully saturated rings. The molecule has 20 heavy (non-hydrogen) atoms. The number of likely N-dealkylation sites (tertiary alicyclic amines) is 1. The SMILES string of the molecule is CC(C)N1CC(NC(=O)CC2COCCN2)CC1=O.Cl. The van der Waals surface area contributed by atoms with Gasteiger partial charge in [-0.1, -0.05) is 0 Å². The van der Waals surface area contributed by atoms with Gasteiger partial charge in [-0.3, -0.25) is 9.59 Å². The Morgan fingerprint density at radius 1 is 1.55 bits per heavy atom. The lowest BCUT2D eigenvalue weighted by Gasteiger charge is -2.24. The molecule has 2 saturated heterocycles. The molecule has 0 aromatic heterocycles. The lowest BCUT2D eigenvalue weighted by molar-refractivity contribution is -0.129. The van der Waals surface area contributed by atoms with Crippen molar-refractivity contribution >= 4 is 24.2 Å². The van der Waals surface area contributed by atoms with Crippen LogP contribution in [0.1, 0.15) is 26.7 Å². The fraction of sp³-hybridized carbons (Fsp3) is 0.846. The zero-order valence-electron chi connectivity index (χ0n) is 12.1. The van der Waals surface area contributed by atoms with Crippen molar-refractivity contribution in [2.75, 3.05) is 26.3 Å². The standard InChI is InChI=1S/C13H23N3O3.ClH/c1-9(2)16-7-10(6-13(16)18)15-12(17)5-11-8-19-4-3-14-11;/h9-11,14H,3-8H2,1-2H3,(H,15,17);1H. The quantitative estimate of drug-likeness (QED) is 0.762. The van der Waals surface area contributed by atoms with E-state index in [-0.39, 0.29) is 42.3 Å². The number of amides is 2. The Kier molecular flexibility index (Phi) is 6.71. The largest absolute Gasteiger partial charge is 0.378 e. The molecule has 2 aliphatic heterocycles. The van der Waals surface area contributed by atoms with Gasteiger partial charge in [-0.15, -0.1) is 12.4 Å². The molecule has 0 aliphatic carbocycles. The van der Waals surface area contributed by atoms with E-state index in [4.69, 9.17) is 4.74 Å². The number of carbonyl (C=O) groups is 2. The summed E-state index contributed by atoms with van der Waals surface area (Å²) in [7, 11) is 0. The second kappa shape index (κ2) is 7.81. The summed E-state index contributed by atoms with van der Waals surface area (Å²) < 4.78 is 5.31. The van der Waals surface area contributed by atoms with Gasteiger partial charge in [0.1, 0.15) is 0 Å². The Bertz CT molecular complexity index is 346. The van der Waals surface area contributed by atoms with Gasteiger partial charge in [-0.2, -0.15) is 0 Å². The van der Waals surface area contributed by atoms with Crippen LogP contribution in [-0.2, 0) is 14.3 Å². The molecule has 0 aromatic rings. The summed E-state index contributed by atoms with van der Waals surface area (Å²) >= 11 is 0. The Hall–Kier alpha value is -0.850. The first-order chi connectivity index (χ1) is 9.06. The number of hydrogen-bond donors (Lipinski definition) is 2. The number of rotatable bonds is 4. The first-order valence-corrected chi connectivity index (χ1v) is 6.96. The molecule has 0 bridgehead atoms. The second-order valence-corrected chi connectivity index (χ2v) is 5.54. The molecule has 2 atom stereocenters. The van der Waals surface area contributed by atoms with Crippen LogP contribution in [0.15, 0.2) is 0 Å². The number of carbonyl (C=O) groups excluding carboxylic acids is 2. The summed E-state index contributed by atoms with van der Waals surface area (Å²) in [5, 5.41) is 6.19. The lowest BCUT2D eigenvalue weighted by Crippen LogP contribution is -2.46. The first kappa shape index (κ1) is 17.2. The van der Waals surface area contributed by atoms with E-state index in [9.17, 15) is 9.59 Å².